The van der Waals surface area contributed by atoms with Crippen LogP contribution >= 0.6 is 46.1 Å². The topological polar surface area (TPSA) is 76.2 Å². The van der Waals surface area contributed by atoms with Crippen LogP contribution in [0, 0.1) is 19.8 Å². The van der Waals surface area contributed by atoms with Crippen molar-refractivity contribution >= 4 is 74.6 Å². The number of nitrogens with zero attached hydrogens (tertiary/aromatic N) is 2. The van der Waals surface area contributed by atoms with Crippen LogP contribution in [0.4, 0.5) is 10.7 Å². The average molecular weight is 580 g/mol. The lowest BCUT2D eigenvalue weighted by Crippen LogP contribution is -2.37. The molecule has 0 N–H and O–H groups in total. The Hall–Kier alpha value is -2.62. The Morgan fingerprint density at radius 1 is 1.03 bits per heavy atom. The predicted octanol–water partition coefficient (Wildman–Crippen LogP) is 6.55. The average Bonchev–Trinajstić information content (AvgIpc) is 3.45. The molecule has 3 atom stereocenters. The Balaban J connectivity index is 1.62. The number of hydrogen-bond donors (Lipinski definition) is 0. The highest BCUT2D eigenvalue weighted by Gasteiger charge is 2.61. The molecule has 2 aliphatic heterocycles. The zero-order valence-electron chi connectivity index (χ0n) is 20.0. The van der Waals surface area contributed by atoms with Crippen LogP contribution in [-0.2, 0) is 19.2 Å². The summed E-state index contributed by atoms with van der Waals surface area (Å²) >= 11 is 20.0. The van der Waals surface area contributed by atoms with Gasteiger partial charge in [0.05, 0.1) is 23.9 Å². The van der Waals surface area contributed by atoms with Gasteiger partial charge in [0.1, 0.15) is 10.9 Å². The number of imide groups is 1. The van der Waals surface area contributed by atoms with E-state index < -0.39 is 35.8 Å². The lowest BCUT2D eigenvalue weighted by atomic mass is 9.90. The van der Waals surface area contributed by atoms with Crippen LogP contribution in [0.15, 0.2) is 42.5 Å². The van der Waals surface area contributed by atoms with Crippen molar-refractivity contribution in [3.05, 3.63) is 79.1 Å². The predicted molar refractivity (Wildman–Crippen MR) is 144 cm³/mol. The van der Waals surface area contributed by atoms with Gasteiger partial charge in [-0.1, -0.05) is 40.9 Å². The van der Waals surface area contributed by atoms with Crippen molar-refractivity contribution in [2.75, 3.05) is 16.6 Å². The first-order chi connectivity index (χ1) is 17.6. The van der Waals surface area contributed by atoms with Crippen molar-refractivity contribution in [2.45, 2.75) is 32.9 Å². The first-order valence-corrected chi connectivity index (χ1v) is 13.4. The molecule has 0 radical (unpaired) electrons. The van der Waals surface area contributed by atoms with Gasteiger partial charge < -0.3 is 4.74 Å². The van der Waals surface area contributed by atoms with Gasteiger partial charge in [0.15, 0.2) is 6.10 Å². The van der Waals surface area contributed by atoms with Crippen LogP contribution in [0.25, 0.3) is 0 Å². The summed E-state index contributed by atoms with van der Waals surface area (Å²) in [5.41, 5.74) is 2.04. The number of esters is 1. The van der Waals surface area contributed by atoms with Crippen LogP contribution in [-0.4, -0.2) is 30.5 Å². The van der Waals surface area contributed by atoms with Gasteiger partial charge in [0.25, 0.3) is 5.91 Å². The molecule has 11 heteroatoms. The number of rotatable bonds is 5. The van der Waals surface area contributed by atoms with Gasteiger partial charge in [0, 0.05) is 19.9 Å². The number of hydrogen-bond acceptors (Lipinski definition) is 7. The fraction of sp³-hybridized carbons (Fsp3) is 0.269. The third-order valence-corrected chi connectivity index (χ3v) is 8.53. The number of fused-ring (bicyclic) bond motifs is 1. The zero-order valence-corrected chi connectivity index (χ0v) is 23.0. The zero-order chi connectivity index (χ0) is 26.6. The number of thiophene rings is 1. The van der Waals surface area contributed by atoms with Gasteiger partial charge >= 0.3 is 5.97 Å². The van der Waals surface area contributed by atoms with Crippen molar-refractivity contribution in [1.82, 2.24) is 0 Å². The number of halogens is 3. The van der Waals surface area contributed by atoms with E-state index in [0.717, 1.165) is 9.78 Å². The van der Waals surface area contributed by atoms with Gasteiger partial charge in [-0.2, -0.15) is 0 Å². The minimum absolute atomic E-state index is 0.163. The molecule has 2 aromatic carbocycles. The summed E-state index contributed by atoms with van der Waals surface area (Å²) in [6.07, 6.45) is -1.13. The lowest BCUT2D eigenvalue weighted by molar-refractivity contribution is -0.126. The summed E-state index contributed by atoms with van der Waals surface area (Å²) in [6, 6.07) is 11.1. The fourth-order valence-corrected chi connectivity index (χ4v) is 6.50. The van der Waals surface area contributed by atoms with Crippen LogP contribution in [0.1, 0.15) is 39.3 Å². The first-order valence-electron chi connectivity index (χ1n) is 11.5. The summed E-state index contributed by atoms with van der Waals surface area (Å²) < 4.78 is 5.23. The number of carbonyl (C=O) groups is 3. The minimum Gasteiger partial charge on any atom is -0.462 e. The van der Waals surface area contributed by atoms with Crippen molar-refractivity contribution < 1.29 is 24.0 Å². The normalized spacial score (nSPS) is 21.1. The molecule has 192 valence electrons. The van der Waals surface area contributed by atoms with Gasteiger partial charge in [-0.05, 0) is 68.3 Å². The van der Waals surface area contributed by atoms with E-state index >= 15 is 0 Å². The molecule has 2 fully saturated rings. The summed E-state index contributed by atoms with van der Waals surface area (Å²) in [6.45, 7) is 5.45. The highest BCUT2D eigenvalue weighted by atomic mass is 35.5. The molecule has 0 bridgehead atoms. The maximum Gasteiger partial charge on any atom is 0.341 e. The quantitative estimate of drug-likeness (QED) is 0.252. The highest BCUT2D eigenvalue weighted by Crippen LogP contribution is 2.51. The number of ether oxygens (including phenoxy) is 1. The van der Waals surface area contributed by atoms with Crippen LogP contribution in [0.3, 0.4) is 0 Å². The number of benzene rings is 2. The van der Waals surface area contributed by atoms with E-state index in [1.165, 1.54) is 16.4 Å². The van der Waals surface area contributed by atoms with Crippen molar-refractivity contribution in [3.8, 4) is 0 Å². The van der Waals surface area contributed by atoms with Crippen LogP contribution in [0.2, 0.25) is 15.1 Å². The standard InChI is InChI=1S/C26H21Cl3N2O5S/c1-4-35-26(34)19-12(2)13(3)37-25(19)30-23(32)20-21(17-10-7-15(28)11-18(17)29)31(36-22(20)24(30)33)16-8-5-14(27)6-9-16/h5-11,20-22H,4H2,1-3H3. The second-order valence-corrected chi connectivity index (χ2v) is 11.1. The molecule has 3 aromatic rings. The van der Waals surface area contributed by atoms with Crippen molar-refractivity contribution in [3.63, 3.8) is 0 Å². The molecule has 37 heavy (non-hydrogen) atoms. The smallest absolute Gasteiger partial charge is 0.341 e. The van der Waals surface area contributed by atoms with E-state index in [9.17, 15) is 14.4 Å². The van der Waals surface area contributed by atoms with E-state index in [2.05, 4.69) is 0 Å². The Morgan fingerprint density at radius 2 is 1.70 bits per heavy atom. The summed E-state index contributed by atoms with van der Waals surface area (Å²) in [5.74, 6) is -2.57. The van der Waals surface area contributed by atoms with Crippen molar-refractivity contribution in [2.24, 2.45) is 5.92 Å². The molecular formula is C26H21Cl3N2O5S. The maximum absolute atomic E-state index is 14.0. The molecule has 0 spiro atoms. The SMILES string of the molecule is CCOC(=O)c1c(N2C(=O)C3ON(c4ccc(Cl)cc4)C(c4ccc(Cl)cc4Cl)C3C2=O)sc(C)c1C. The minimum atomic E-state index is -1.13. The van der Waals surface area contributed by atoms with Gasteiger partial charge in [-0.25, -0.2) is 14.8 Å². The number of hydroxylamine groups is 1. The third kappa shape index (κ3) is 4.30. The van der Waals surface area contributed by atoms with Crippen molar-refractivity contribution in [1.29, 1.82) is 0 Å². The molecule has 2 aliphatic rings. The summed E-state index contributed by atoms with van der Waals surface area (Å²) in [5, 5.41) is 3.04. The second-order valence-electron chi connectivity index (χ2n) is 8.66. The van der Waals surface area contributed by atoms with Crippen LogP contribution in [0.5, 0.6) is 0 Å². The maximum atomic E-state index is 14.0. The largest absolute Gasteiger partial charge is 0.462 e. The van der Waals surface area contributed by atoms with Gasteiger partial charge in [-0.15, -0.1) is 11.3 Å². The van der Waals surface area contributed by atoms with Gasteiger partial charge in [0.2, 0.25) is 5.91 Å². The number of aryl methyl sites for hydroxylation is 1. The fourth-order valence-electron chi connectivity index (χ4n) is 4.69. The molecular weight excluding hydrogens is 559 g/mol. The van der Waals surface area contributed by atoms with E-state index in [1.54, 1.807) is 56.3 Å². The van der Waals surface area contributed by atoms with Gasteiger partial charge in [-0.3, -0.25) is 14.4 Å². The lowest BCUT2D eigenvalue weighted by Gasteiger charge is -2.29. The van der Waals surface area contributed by atoms with E-state index in [0.29, 0.717) is 31.9 Å². The second kappa shape index (κ2) is 9.93. The Morgan fingerprint density at radius 3 is 2.35 bits per heavy atom. The highest BCUT2D eigenvalue weighted by molar-refractivity contribution is 7.17. The molecule has 5 rings (SSSR count). The molecule has 2 amide bonds. The Labute approximate surface area is 232 Å². The monoisotopic (exact) mass is 578 g/mol. The number of carbonyl (C=O) groups excluding carboxylic acids is 3. The molecule has 7 nitrogen and oxygen atoms in total. The van der Waals surface area contributed by atoms with E-state index in [1.807, 2.05) is 6.92 Å². The third-order valence-electron chi connectivity index (χ3n) is 6.53. The number of amides is 2. The first kappa shape index (κ1) is 26.0. The van der Waals surface area contributed by atoms with E-state index in [-0.39, 0.29) is 17.2 Å². The molecule has 0 aliphatic carbocycles. The van der Waals surface area contributed by atoms with Crippen LogP contribution < -0.4 is 9.96 Å². The molecule has 0 saturated carbocycles. The molecule has 2 saturated heterocycles. The number of anilines is 2. The molecule has 1 aromatic heterocycles. The Bertz CT molecular complexity index is 1420. The molecule has 3 unspecified atom stereocenters. The summed E-state index contributed by atoms with van der Waals surface area (Å²) in [7, 11) is 0. The van der Waals surface area contributed by atoms with E-state index in [4.69, 9.17) is 44.4 Å². The summed E-state index contributed by atoms with van der Waals surface area (Å²) in [4.78, 5) is 48.6. The molecule has 3 heterocycles. The Kier molecular flexibility index (Phi) is 6.98.